The Labute approximate surface area is 139 Å². The zero-order chi connectivity index (χ0) is 15.9. The lowest BCUT2D eigenvalue weighted by Crippen LogP contribution is -2.64. The molecule has 22 heavy (non-hydrogen) atoms. The number of nitrogens with one attached hydrogen (secondary N) is 1. The second-order valence-electron chi connectivity index (χ2n) is 5.28. The maximum atomic E-state index is 12.7. The topological polar surface area (TPSA) is 69.7 Å². The normalized spacial score (nSPS) is 23.9. The van der Waals surface area contributed by atoms with Gasteiger partial charge in [-0.05, 0) is 18.2 Å². The minimum Gasteiger partial charge on any atom is -0.353 e. The molecule has 2 heterocycles. The molecule has 2 aliphatic heterocycles. The van der Waals surface area contributed by atoms with Crippen molar-refractivity contribution in [2.45, 2.75) is 10.9 Å². The monoisotopic (exact) mass is 363 g/mol. The molecular weight excluding hydrogens is 349 g/mol. The maximum absolute atomic E-state index is 12.7. The summed E-state index contributed by atoms with van der Waals surface area (Å²) < 4.78 is 26.8. The summed E-state index contributed by atoms with van der Waals surface area (Å²) in [5.41, 5.74) is 0. The van der Waals surface area contributed by atoms with Crippen LogP contribution in [0.3, 0.4) is 0 Å². The van der Waals surface area contributed by atoms with Gasteiger partial charge in [-0.3, -0.25) is 9.69 Å². The third kappa shape index (κ3) is 2.83. The fraction of sp³-hybridized carbons (Fsp3) is 0.462. The Morgan fingerprint density at radius 1 is 1.18 bits per heavy atom. The van der Waals surface area contributed by atoms with Gasteiger partial charge in [0.15, 0.2) is 0 Å². The summed E-state index contributed by atoms with van der Waals surface area (Å²) in [5.74, 6) is -0.131. The molecule has 2 aliphatic rings. The SMILES string of the molecule is O=C1NCCN2CCN(S(=O)(=O)c3ccc(Cl)cc3Cl)CC12. The van der Waals surface area contributed by atoms with Gasteiger partial charge >= 0.3 is 0 Å². The van der Waals surface area contributed by atoms with Crippen LogP contribution >= 0.6 is 23.2 Å². The lowest BCUT2D eigenvalue weighted by molar-refractivity contribution is -0.130. The van der Waals surface area contributed by atoms with Crippen molar-refractivity contribution in [3.8, 4) is 0 Å². The molecule has 0 radical (unpaired) electrons. The lowest BCUT2D eigenvalue weighted by Gasteiger charge is -2.42. The number of sulfonamides is 1. The van der Waals surface area contributed by atoms with E-state index in [1.165, 1.54) is 22.5 Å². The Morgan fingerprint density at radius 3 is 2.68 bits per heavy atom. The second-order valence-corrected chi connectivity index (χ2v) is 8.03. The van der Waals surface area contributed by atoms with Crippen molar-refractivity contribution >= 4 is 39.1 Å². The first-order valence-corrected chi connectivity index (χ1v) is 9.06. The standard InChI is InChI=1S/C13H15Cl2N3O3S/c14-9-1-2-12(10(15)7-9)22(20,21)18-6-5-17-4-3-16-13(19)11(17)8-18/h1-2,7,11H,3-6,8H2,(H,16,19). The molecule has 0 spiro atoms. The summed E-state index contributed by atoms with van der Waals surface area (Å²) in [5, 5.41) is 3.23. The summed E-state index contributed by atoms with van der Waals surface area (Å²) in [4.78, 5) is 14.0. The molecule has 2 fully saturated rings. The molecule has 0 aliphatic carbocycles. The number of rotatable bonds is 2. The smallest absolute Gasteiger partial charge is 0.244 e. The fourth-order valence-electron chi connectivity index (χ4n) is 2.79. The van der Waals surface area contributed by atoms with Crippen LogP contribution in [0, 0.1) is 0 Å². The second kappa shape index (κ2) is 5.98. The highest BCUT2D eigenvalue weighted by atomic mass is 35.5. The van der Waals surface area contributed by atoms with Gasteiger partial charge in [-0.25, -0.2) is 8.42 Å². The maximum Gasteiger partial charge on any atom is 0.244 e. The van der Waals surface area contributed by atoms with E-state index in [1.54, 1.807) is 0 Å². The Bertz CT molecular complexity index is 710. The molecule has 1 aromatic carbocycles. The molecule has 1 N–H and O–H groups in total. The number of benzene rings is 1. The number of carbonyl (C=O) groups excluding carboxylic acids is 1. The summed E-state index contributed by atoms with van der Waals surface area (Å²) in [6, 6.07) is 3.85. The Kier molecular flexibility index (Phi) is 4.35. The largest absolute Gasteiger partial charge is 0.353 e. The van der Waals surface area contributed by atoms with Crippen LogP contribution < -0.4 is 5.32 Å². The number of nitrogens with zero attached hydrogens (tertiary/aromatic N) is 2. The van der Waals surface area contributed by atoms with E-state index in [4.69, 9.17) is 23.2 Å². The van der Waals surface area contributed by atoms with Crippen LogP contribution in [-0.4, -0.2) is 62.3 Å². The van der Waals surface area contributed by atoms with Crippen LogP contribution in [0.2, 0.25) is 10.0 Å². The molecule has 3 rings (SSSR count). The number of carbonyl (C=O) groups is 1. The molecule has 1 unspecified atom stereocenters. The Morgan fingerprint density at radius 2 is 1.95 bits per heavy atom. The van der Waals surface area contributed by atoms with Gasteiger partial charge in [-0.1, -0.05) is 23.2 Å². The van der Waals surface area contributed by atoms with Gasteiger partial charge in [0.1, 0.15) is 10.9 Å². The first kappa shape index (κ1) is 16.0. The summed E-state index contributed by atoms with van der Waals surface area (Å²) >= 11 is 11.8. The predicted octanol–water partition coefficient (Wildman–Crippen LogP) is 0.798. The minimum atomic E-state index is -3.75. The summed E-state index contributed by atoms with van der Waals surface area (Å²) in [6.07, 6.45) is 0. The lowest BCUT2D eigenvalue weighted by atomic mass is 10.1. The average Bonchev–Trinajstić information content (AvgIpc) is 2.47. The van der Waals surface area contributed by atoms with E-state index >= 15 is 0 Å². The molecule has 6 nitrogen and oxygen atoms in total. The third-order valence-corrected chi connectivity index (χ3v) is 6.55. The van der Waals surface area contributed by atoms with Gasteiger partial charge in [0.05, 0.1) is 5.02 Å². The van der Waals surface area contributed by atoms with Crippen LogP contribution in [0.4, 0.5) is 0 Å². The van der Waals surface area contributed by atoms with Crippen molar-refractivity contribution in [2.75, 3.05) is 32.7 Å². The van der Waals surface area contributed by atoms with Gasteiger partial charge < -0.3 is 5.32 Å². The summed E-state index contributed by atoms with van der Waals surface area (Å²) in [6.45, 7) is 2.35. The van der Waals surface area contributed by atoms with Gasteiger partial charge in [-0.2, -0.15) is 4.31 Å². The molecule has 1 atom stereocenters. The van der Waals surface area contributed by atoms with Gasteiger partial charge in [-0.15, -0.1) is 0 Å². The van der Waals surface area contributed by atoms with Crippen LogP contribution in [0.5, 0.6) is 0 Å². The van der Waals surface area contributed by atoms with Crippen molar-refractivity contribution in [3.63, 3.8) is 0 Å². The van der Waals surface area contributed by atoms with Crippen LogP contribution in [0.15, 0.2) is 23.1 Å². The number of halogens is 2. The number of hydrogen-bond acceptors (Lipinski definition) is 4. The highest BCUT2D eigenvalue weighted by Crippen LogP contribution is 2.29. The first-order chi connectivity index (χ1) is 10.4. The Hall–Kier alpha value is -0.860. The van der Waals surface area contributed by atoms with E-state index in [-0.39, 0.29) is 22.4 Å². The van der Waals surface area contributed by atoms with Crippen molar-refractivity contribution in [2.24, 2.45) is 0 Å². The number of amides is 1. The van der Waals surface area contributed by atoms with E-state index in [0.29, 0.717) is 24.7 Å². The number of fused-ring (bicyclic) bond motifs is 1. The zero-order valence-corrected chi connectivity index (χ0v) is 14.0. The van der Waals surface area contributed by atoms with Crippen LogP contribution in [-0.2, 0) is 14.8 Å². The first-order valence-electron chi connectivity index (χ1n) is 6.86. The van der Waals surface area contributed by atoms with E-state index in [9.17, 15) is 13.2 Å². The summed E-state index contributed by atoms with van der Waals surface area (Å²) in [7, 11) is -3.75. The molecule has 9 heteroatoms. The van der Waals surface area contributed by atoms with Crippen molar-refractivity contribution in [1.82, 2.24) is 14.5 Å². The minimum absolute atomic E-state index is 0.0169. The number of hydrogen-bond donors (Lipinski definition) is 1. The molecule has 1 amide bonds. The highest BCUT2D eigenvalue weighted by molar-refractivity contribution is 7.89. The van der Waals surface area contributed by atoms with Gasteiger partial charge in [0.2, 0.25) is 15.9 Å². The number of piperazine rings is 2. The molecule has 0 bridgehead atoms. The van der Waals surface area contributed by atoms with Crippen LogP contribution in [0.25, 0.3) is 0 Å². The van der Waals surface area contributed by atoms with E-state index < -0.39 is 16.1 Å². The van der Waals surface area contributed by atoms with Gasteiger partial charge in [0.25, 0.3) is 0 Å². The van der Waals surface area contributed by atoms with Crippen molar-refractivity contribution in [1.29, 1.82) is 0 Å². The van der Waals surface area contributed by atoms with Gasteiger partial charge in [0, 0.05) is 37.7 Å². The average molecular weight is 364 g/mol. The highest BCUT2D eigenvalue weighted by Gasteiger charge is 2.39. The molecular formula is C13H15Cl2N3O3S. The predicted molar refractivity (Wildman–Crippen MR) is 83.6 cm³/mol. The molecule has 2 saturated heterocycles. The van der Waals surface area contributed by atoms with E-state index in [2.05, 4.69) is 5.32 Å². The Balaban J connectivity index is 1.88. The van der Waals surface area contributed by atoms with Crippen molar-refractivity contribution in [3.05, 3.63) is 28.2 Å². The quantitative estimate of drug-likeness (QED) is 0.843. The third-order valence-electron chi connectivity index (χ3n) is 3.97. The molecule has 0 saturated carbocycles. The molecule has 1 aromatic rings. The molecule has 0 aromatic heterocycles. The van der Waals surface area contributed by atoms with E-state index in [0.717, 1.165) is 6.54 Å². The zero-order valence-electron chi connectivity index (χ0n) is 11.6. The van der Waals surface area contributed by atoms with E-state index in [1.807, 2.05) is 4.90 Å². The van der Waals surface area contributed by atoms with Crippen LogP contribution in [0.1, 0.15) is 0 Å². The van der Waals surface area contributed by atoms with Crippen molar-refractivity contribution < 1.29 is 13.2 Å². The fourth-order valence-corrected chi connectivity index (χ4v) is 4.98. The molecule has 120 valence electrons.